The van der Waals surface area contributed by atoms with Crippen LogP contribution in [-0.4, -0.2) is 34.1 Å². The van der Waals surface area contributed by atoms with Crippen molar-refractivity contribution in [1.82, 2.24) is 9.97 Å². The van der Waals surface area contributed by atoms with Crippen molar-refractivity contribution in [3.05, 3.63) is 53.8 Å². The molecule has 0 bridgehead atoms. The third-order valence-corrected chi connectivity index (χ3v) is 5.12. The summed E-state index contributed by atoms with van der Waals surface area (Å²) in [4.78, 5) is 22.5. The second kappa shape index (κ2) is 6.92. The summed E-state index contributed by atoms with van der Waals surface area (Å²) in [6.07, 6.45) is 3.10. The van der Waals surface area contributed by atoms with Gasteiger partial charge in [-0.1, -0.05) is 35.9 Å². The van der Waals surface area contributed by atoms with Crippen molar-refractivity contribution in [3.8, 4) is 11.1 Å². The number of benzene rings is 2. The van der Waals surface area contributed by atoms with E-state index in [1.807, 2.05) is 42.5 Å². The molecule has 0 aliphatic carbocycles. The van der Waals surface area contributed by atoms with Crippen molar-refractivity contribution < 1.29 is 9.90 Å². The number of anilines is 1. The third-order valence-electron chi connectivity index (χ3n) is 4.87. The highest BCUT2D eigenvalue weighted by Crippen LogP contribution is 2.35. The molecular weight excluding hydrogens is 350 g/mol. The van der Waals surface area contributed by atoms with Gasteiger partial charge in [0.2, 0.25) is 0 Å². The quantitative estimate of drug-likeness (QED) is 0.749. The highest BCUT2D eigenvalue weighted by molar-refractivity contribution is 6.30. The first kappa shape index (κ1) is 16.8. The molecule has 26 heavy (non-hydrogen) atoms. The number of nitrogens with zero attached hydrogens (tertiary/aromatic N) is 3. The summed E-state index contributed by atoms with van der Waals surface area (Å²) in [5, 5.41) is 11.0. The fourth-order valence-corrected chi connectivity index (χ4v) is 3.70. The Kier molecular flexibility index (Phi) is 4.47. The minimum absolute atomic E-state index is 0.364. The van der Waals surface area contributed by atoms with Gasteiger partial charge in [-0.3, -0.25) is 4.79 Å². The van der Waals surface area contributed by atoms with Crippen LogP contribution < -0.4 is 4.90 Å². The zero-order valence-electron chi connectivity index (χ0n) is 14.1. The lowest BCUT2D eigenvalue weighted by molar-refractivity contribution is -0.141. The molecule has 1 aliphatic rings. The van der Waals surface area contributed by atoms with E-state index in [2.05, 4.69) is 14.9 Å². The number of aromatic nitrogens is 2. The maximum atomic E-state index is 11.4. The van der Waals surface area contributed by atoms with Gasteiger partial charge in [0, 0.05) is 18.1 Å². The highest BCUT2D eigenvalue weighted by atomic mass is 35.5. The lowest BCUT2D eigenvalue weighted by Gasteiger charge is -2.32. The fourth-order valence-electron chi connectivity index (χ4n) is 3.57. The average molecular weight is 368 g/mol. The van der Waals surface area contributed by atoms with Crippen LogP contribution in [0.25, 0.3) is 22.0 Å². The van der Waals surface area contributed by atoms with Crippen molar-refractivity contribution in [2.75, 3.05) is 18.0 Å². The van der Waals surface area contributed by atoms with E-state index in [9.17, 15) is 9.90 Å². The van der Waals surface area contributed by atoms with Crippen LogP contribution in [0.5, 0.6) is 0 Å². The van der Waals surface area contributed by atoms with Gasteiger partial charge < -0.3 is 10.0 Å². The Hall–Kier alpha value is -2.66. The van der Waals surface area contributed by atoms with Crippen LogP contribution in [0.2, 0.25) is 5.02 Å². The summed E-state index contributed by atoms with van der Waals surface area (Å²) in [5.74, 6) is -0.311. The molecule has 1 aliphatic heterocycles. The minimum atomic E-state index is -0.744. The zero-order valence-corrected chi connectivity index (χ0v) is 14.9. The molecular formula is C20H18ClN3O2. The Morgan fingerprint density at radius 2 is 1.96 bits per heavy atom. The molecule has 1 atom stereocenters. The second-order valence-corrected chi connectivity index (χ2v) is 6.96. The standard InChI is InChI=1S/C20H18ClN3O2/c21-15-8-6-13(7-9-15)16-4-1-5-17-18(16)19(23-12-22-17)24-10-2-3-14(11-24)20(25)26/h1,4-9,12,14H,2-3,10-11H2,(H,25,26)/t14-/m1/s1. The van der Waals surface area contributed by atoms with Crippen molar-refractivity contribution in [2.24, 2.45) is 5.92 Å². The number of piperidine rings is 1. The smallest absolute Gasteiger partial charge is 0.308 e. The van der Waals surface area contributed by atoms with E-state index >= 15 is 0 Å². The number of carboxylic acid groups (broad SMARTS) is 1. The molecule has 3 aromatic rings. The Morgan fingerprint density at radius 3 is 2.73 bits per heavy atom. The number of rotatable bonds is 3. The molecule has 1 N–H and O–H groups in total. The maximum absolute atomic E-state index is 11.4. The molecule has 0 saturated carbocycles. The monoisotopic (exact) mass is 367 g/mol. The molecule has 2 aromatic carbocycles. The summed E-state index contributed by atoms with van der Waals surface area (Å²) >= 11 is 6.03. The van der Waals surface area contributed by atoms with Crippen LogP contribution in [0.4, 0.5) is 5.82 Å². The van der Waals surface area contributed by atoms with Gasteiger partial charge in [-0.25, -0.2) is 9.97 Å². The Balaban J connectivity index is 1.85. The summed E-state index contributed by atoms with van der Waals surface area (Å²) in [7, 11) is 0. The zero-order chi connectivity index (χ0) is 18.1. The number of halogens is 1. The molecule has 0 radical (unpaired) electrons. The van der Waals surface area contributed by atoms with Crippen LogP contribution in [0.1, 0.15) is 12.8 Å². The van der Waals surface area contributed by atoms with E-state index in [4.69, 9.17) is 11.6 Å². The predicted octanol–water partition coefficient (Wildman–Crippen LogP) is 4.25. The van der Waals surface area contributed by atoms with Crippen molar-refractivity contribution >= 4 is 34.3 Å². The largest absolute Gasteiger partial charge is 0.481 e. The molecule has 6 heteroatoms. The van der Waals surface area contributed by atoms with Crippen molar-refractivity contribution in [2.45, 2.75) is 12.8 Å². The number of hydrogen-bond donors (Lipinski definition) is 1. The summed E-state index contributed by atoms with van der Waals surface area (Å²) in [6, 6.07) is 13.6. The maximum Gasteiger partial charge on any atom is 0.308 e. The Bertz CT molecular complexity index is 954. The van der Waals surface area contributed by atoms with E-state index in [1.54, 1.807) is 6.33 Å². The second-order valence-electron chi connectivity index (χ2n) is 6.53. The summed E-state index contributed by atoms with van der Waals surface area (Å²) in [5.41, 5.74) is 2.90. The highest BCUT2D eigenvalue weighted by Gasteiger charge is 2.27. The Labute approximate surface area is 156 Å². The average Bonchev–Trinajstić information content (AvgIpc) is 2.68. The number of carbonyl (C=O) groups is 1. The van der Waals surface area contributed by atoms with E-state index in [-0.39, 0.29) is 5.92 Å². The minimum Gasteiger partial charge on any atom is -0.481 e. The molecule has 4 rings (SSSR count). The molecule has 1 saturated heterocycles. The first-order valence-electron chi connectivity index (χ1n) is 8.61. The van der Waals surface area contributed by atoms with Crippen LogP contribution in [0, 0.1) is 5.92 Å². The first-order chi connectivity index (χ1) is 12.6. The number of carboxylic acids is 1. The van der Waals surface area contributed by atoms with Gasteiger partial charge in [0.05, 0.1) is 16.8 Å². The van der Waals surface area contributed by atoms with Crippen molar-refractivity contribution in [1.29, 1.82) is 0 Å². The normalized spacial score (nSPS) is 17.4. The molecule has 0 unspecified atom stereocenters. The van der Waals surface area contributed by atoms with Gasteiger partial charge in [0.1, 0.15) is 12.1 Å². The molecule has 132 valence electrons. The van der Waals surface area contributed by atoms with Crippen molar-refractivity contribution in [3.63, 3.8) is 0 Å². The van der Waals surface area contributed by atoms with E-state index in [0.717, 1.165) is 40.8 Å². The van der Waals surface area contributed by atoms with Gasteiger partial charge in [0.15, 0.2) is 0 Å². The predicted molar refractivity (Wildman–Crippen MR) is 103 cm³/mol. The van der Waals surface area contributed by atoms with Gasteiger partial charge in [0.25, 0.3) is 0 Å². The topological polar surface area (TPSA) is 66.3 Å². The van der Waals surface area contributed by atoms with Crippen LogP contribution in [0.3, 0.4) is 0 Å². The van der Waals surface area contributed by atoms with E-state index in [0.29, 0.717) is 18.0 Å². The molecule has 0 spiro atoms. The third kappa shape index (κ3) is 3.10. The lowest BCUT2D eigenvalue weighted by atomic mass is 9.96. The Morgan fingerprint density at radius 1 is 1.15 bits per heavy atom. The van der Waals surface area contributed by atoms with E-state index in [1.165, 1.54) is 0 Å². The first-order valence-corrected chi connectivity index (χ1v) is 8.98. The molecule has 1 aromatic heterocycles. The number of aliphatic carboxylic acids is 1. The summed E-state index contributed by atoms with van der Waals surface area (Å²) < 4.78 is 0. The number of hydrogen-bond acceptors (Lipinski definition) is 4. The molecule has 5 nitrogen and oxygen atoms in total. The van der Waals surface area contributed by atoms with Gasteiger partial charge in [-0.05, 0) is 42.2 Å². The molecule has 1 fully saturated rings. The van der Waals surface area contributed by atoms with Crippen LogP contribution in [0.15, 0.2) is 48.8 Å². The lowest BCUT2D eigenvalue weighted by Crippen LogP contribution is -2.39. The number of fused-ring (bicyclic) bond motifs is 1. The van der Waals surface area contributed by atoms with Crippen LogP contribution >= 0.6 is 11.6 Å². The fraction of sp³-hybridized carbons (Fsp3) is 0.250. The van der Waals surface area contributed by atoms with Gasteiger partial charge in [-0.2, -0.15) is 0 Å². The summed E-state index contributed by atoms with van der Waals surface area (Å²) in [6.45, 7) is 1.27. The van der Waals surface area contributed by atoms with Gasteiger partial charge >= 0.3 is 5.97 Å². The van der Waals surface area contributed by atoms with Crippen LogP contribution in [-0.2, 0) is 4.79 Å². The SMILES string of the molecule is O=C(O)[C@@H]1CCCN(c2ncnc3cccc(-c4ccc(Cl)cc4)c23)C1. The molecule has 2 heterocycles. The van der Waals surface area contributed by atoms with E-state index < -0.39 is 5.97 Å². The molecule has 0 amide bonds. The van der Waals surface area contributed by atoms with Gasteiger partial charge in [-0.15, -0.1) is 0 Å².